The van der Waals surface area contributed by atoms with Crippen molar-refractivity contribution in [3.8, 4) is 23.0 Å². The van der Waals surface area contributed by atoms with Crippen molar-refractivity contribution in [2.24, 2.45) is 0 Å². The highest BCUT2D eigenvalue weighted by molar-refractivity contribution is 6.47. The third kappa shape index (κ3) is 7.19. The number of carbonyl (C=O) groups excluding carboxylic acids is 4. The van der Waals surface area contributed by atoms with Crippen LogP contribution < -0.4 is 15.3 Å². The fourth-order valence-electron chi connectivity index (χ4n) is 6.70. The molecule has 0 bridgehead atoms. The molecular weight excluding hydrogens is 765 g/mol. The average molecular weight is 794 g/mol. The minimum Gasteiger partial charge on any atom is -0.534 e. The van der Waals surface area contributed by atoms with Gasteiger partial charge in [-0.25, -0.2) is 36.8 Å². The molecule has 3 aromatic rings. The molecule has 290 valence electrons. The summed E-state index contributed by atoms with van der Waals surface area (Å²) in [5, 5.41) is 53.6. The predicted octanol–water partition coefficient (Wildman–Crippen LogP) is 2.64. The van der Waals surface area contributed by atoms with Crippen LogP contribution >= 0.6 is 11.6 Å². The van der Waals surface area contributed by atoms with Gasteiger partial charge in [-0.15, -0.1) is 0 Å². The van der Waals surface area contributed by atoms with Crippen LogP contribution in [0.4, 0.5) is 27.2 Å². The molecule has 3 aliphatic rings. The Hall–Kier alpha value is -5.96. The van der Waals surface area contributed by atoms with Crippen molar-refractivity contribution in [1.82, 2.24) is 25.3 Å². The van der Waals surface area contributed by atoms with E-state index in [2.05, 4.69) is 10.6 Å². The number of carbonyl (C=O) groups is 5. The Morgan fingerprint density at radius 3 is 2.24 bits per heavy atom. The number of benzene rings is 3. The fourth-order valence-corrected chi connectivity index (χ4v) is 6.95. The number of rotatable bonds is 7. The Morgan fingerprint density at radius 2 is 1.56 bits per heavy atom. The number of urea groups is 2. The van der Waals surface area contributed by atoms with Gasteiger partial charge in [0.1, 0.15) is 34.6 Å². The lowest BCUT2D eigenvalue weighted by atomic mass is 9.72. The van der Waals surface area contributed by atoms with Gasteiger partial charge in [-0.05, 0) is 49.1 Å². The first-order chi connectivity index (χ1) is 26.0. The topological polar surface area (TPSA) is 230 Å². The molecule has 0 saturated carbocycles. The molecule has 16 nitrogen and oxygen atoms in total. The van der Waals surface area contributed by atoms with Crippen molar-refractivity contribution in [1.29, 1.82) is 0 Å². The van der Waals surface area contributed by atoms with E-state index in [1.54, 1.807) is 0 Å². The van der Waals surface area contributed by atoms with Crippen LogP contribution in [-0.2, 0) is 11.2 Å². The van der Waals surface area contributed by atoms with E-state index >= 15 is 0 Å². The van der Waals surface area contributed by atoms with E-state index in [0.717, 1.165) is 29.2 Å². The summed E-state index contributed by atoms with van der Waals surface area (Å²) in [6.07, 6.45) is -0.0531. The van der Waals surface area contributed by atoms with Gasteiger partial charge in [-0.1, -0.05) is 17.7 Å². The van der Waals surface area contributed by atoms with Crippen LogP contribution in [0.1, 0.15) is 50.7 Å². The van der Waals surface area contributed by atoms with Gasteiger partial charge in [0.2, 0.25) is 5.91 Å². The van der Waals surface area contributed by atoms with Gasteiger partial charge >= 0.3 is 25.1 Å². The lowest BCUT2D eigenvalue weighted by Gasteiger charge is -2.36. The third-order valence-electron chi connectivity index (χ3n) is 9.55. The fraction of sp³-hybridized carbons (Fsp3) is 0.303. The van der Waals surface area contributed by atoms with Crippen molar-refractivity contribution >= 4 is 48.6 Å². The first-order valence-corrected chi connectivity index (χ1v) is 16.8. The van der Waals surface area contributed by atoms with E-state index in [9.17, 15) is 67.0 Å². The van der Waals surface area contributed by atoms with E-state index in [0.29, 0.717) is 11.0 Å². The van der Waals surface area contributed by atoms with Crippen LogP contribution in [0.5, 0.6) is 23.0 Å². The molecule has 55 heavy (non-hydrogen) atoms. The third-order valence-corrected chi connectivity index (χ3v) is 9.95. The maximum Gasteiger partial charge on any atom is 0.547 e. The van der Waals surface area contributed by atoms with Gasteiger partial charge in [0, 0.05) is 37.8 Å². The molecule has 2 atom stereocenters. The maximum absolute atomic E-state index is 14.7. The van der Waals surface area contributed by atoms with Crippen LogP contribution in [0, 0.1) is 23.3 Å². The first kappa shape index (κ1) is 38.8. The Kier molecular flexibility index (Phi) is 10.6. The van der Waals surface area contributed by atoms with Gasteiger partial charge in [0.05, 0.1) is 11.0 Å². The summed E-state index contributed by atoms with van der Waals surface area (Å²) in [5.41, 5.74) is -2.33. The molecule has 3 heterocycles. The molecule has 2 fully saturated rings. The van der Waals surface area contributed by atoms with Crippen LogP contribution in [0.2, 0.25) is 5.02 Å². The van der Waals surface area contributed by atoms with Crippen molar-refractivity contribution < 1.29 is 71.6 Å². The molecule has 7 N–H and O–H groups in total. The largest absolute Gasteiger partial charge is 0.547 e. The van der Waals surface area contributed by atoms with Gasteiger partial charge in [0.15, 0.2) is 28.9 Å². The number of amides is 6. The van der Waals surface area contributed by atoms with Crippen LogP contribution in [0.15, 0.2) is 30.3 Å². The van der Waals surface area contributed by atoms with E-state index in [1.165, 1.54) is 4.90 Å². The number of likely N-dealkylation sites (tertiary alicyclic amines) is 1. The average Bonchev–Trinajstić information content (AvgIpc) is 3.54. The highest BCUT2D eigenvalue weighted by Gasteiger charge is 2.43. The highest BCUT2D eigenvalue weighted by Crippen LogP contribution is 2.41. The van der Waals surface area contributed by atoms with Crippen LogP contribution in [0.25, 0.3) is 0 Å². The maximum atomic E-state index is 14.7. The molecule has 0 aliphatic carbocycles. The van der Waals surface area contributed by atoms with Gasteiger partial charge < -0.3 is 50.5 Å². The summed E-state index contributed by atoms with van der Waals surface area (Å²) in [6, 6.07) is -0.560. The normalized spacial score (nSPS) is 17.8. The molecule has 22 heteroatoms. The lowest BCUT2D eigenvalue weighted by molar-refractivity contribution is -0.123. The smallest absolute Gasteiger partial charge is 0.534 e. The van der Waals surface area contributed by atoms with Crippen molar-refractivity contribution in [3.05, 3.63) is 80.9 Å². The van der Waals surface area contributed by atoms with E-state index in [-0.39, 0.29) is 51.0 Å². The Bertz CT molecular complexity index is 2130. The number of imide groups is 1. The number of hydrogen-bond acceptors (Lipinski definition) is 10. The number of piperidine rings is 1. The Morgan fingerprint density at radius 1 is 0.909 bits per heavy atom. The zero-order valence-electron chi connectivity index (χ0n) is 28.1. The van der Waals surface area contributed by atoms with E-state index in [1.807, 2.05) is 0 Å². The molecule has 3 aromatic carbocycles. The van der Waals surface area contributed by atoms with Crippen LogP contribution in [0.3, 0.4) is 0 Å². The molecule has 0 aromatic heterocycles. The SMILES string of the molecule is O=C(O)c1c(F)ccc2c1OB(O)C(NC(=O)C(NC(=O)N1CCN(C3CCN(C(=O)c4c(F)ccc(O)c4F)CC3)C1=O)c1cc(F)c(O)c(O)c1Cl)C2. The van der Waals surface area contributed by atoms with Crippen molar-refractivity contribution in [3.63, 3.8) is 0 Å². The number of carboxylic acids is 1. The number of nitrogens with zero attached hydrogens (tertiary/aromatic N) is 3. The number of phenols is 3. The predicted molar refractivity (Wildman–Crippen MR) is 179 cm³/mol. The molecule has 6 rings (SSSR count). The summed E-state index contributed by atoms with van der Waals surface area (Å²) in [6.45, 7) is -0.330. The van der Waals surface area contributed by atoms with Crippen molar-refractivity contribution in [2.45, 2.75) is 37.3 Å². The van der Waals surface area contributed by atoms with Gasteiger partial charge in [0.25, 0.3) is 5.91 Å². The minimum absolute atomic E-state index is 0.0170. The zero-order chi connectivity index (χ0) is 40.0. The number of aromatic hydroxyl groups is 3. The number of carboxylic acid groups (broad SMARTS) is 1. The van der Waals surface area contributed by atoms with E-state index < -0.39 is 123 Å². The number of fused-ring (bicyclic) bond motifs is 1. The second kappa shape index (κ2) is 15.1. The molecule has 2 unspecified atom stereocenters. The summed E-state index contributed by atoms with van der Waals surface area (Å²) in [4.78, 5) is 68.5. The van der Waals surface area contributed by atoms with Gasteiger partial charge in [-0.3, -0.25) is 9.59 Å². The number of phenolic OH excluding ortho intramolecular Hbond substituents is 3. The zero-order valence-corrected chi connectivity index (χ0v) is 28.8. The molecule has 6 amide bonds. The second-order valence-electron chi connectivity index (χ2n) is 12.8. The summed E-state index contributed by atoms with van der Waals surface area (Å²) in [7, 11) is -1.97. The molecule has 2 saturated heterocycles. The molecule has 0 radical (unpaired) electrons. The standard InChI is InChI=1S/C33H29BClF4N5O11/c35-23-15(12-18(38)26(46)27(23)47)25(29(48)40-20-11-13-1-2-17(37)22(31(50)51)28(13)55-34(20)54)41-32(52)44-10-9-43(33(44)53)14-5-7-42(8-6-14)30(49)21-16(36)3-4-19(45)24(21)39/h1-4,12,14,20,25,45-47,54H,5-11H2,(H,40,48)(H,41,52)(H,50,51). The van der Waals surface area contributed by atoms with E-state index in [4.69, 9.17) is 16.3 Å². The number of aromatic carboxylic acids is 1. The second-order valence-corrected chi connectivity index (χ2v) is 13.2. The Balaban J connectivity index is 1.17. The molecule has 3 aliphatic heterocycles. The monoisotopic (exact) mass is 793 g/mol. The number of nitrogens with one attached hydrogen (secondary N) is 2. The summed E-state index contributed by atoms with van der Waals surface area (Å²) in [5.74, 6) is -14.3. The van der Waals surface area contributed by atoms with Gasteiger partial charge in [-0.2, -0.15) is 0 Å². The molecule has 0 spiro atoms. The quantitative estimate of drug-likeness (QED) is 0.105. The minimum atomic E-state index is -2.02. The first-order valence-electron chi connectivity index (χ1n) is 16.4. The summed E-state index contributed by atoms with van der Waals surface area (Å²) >= 11 is 6.16. The number of halogens is 5. The lowest BCUT2D eigenvalue weighted by Crippen LogP contribution is -2.56. The highest BCUT2D eigenvalue weighted by atomic mass is 35.5. The van der Waals surface area contributed by atoms with Crippen LogP contribution in [-0.4, -0.2) is 115 Å². The summed E-state index contributed by atoms with van der Waals surface area (Å²) < 4.78 is 62.8. The Labute approximate surface area is 312 Å². The number of hydrogen-bond donors (Lipinski definition) is 7. The van der Waals surface area contributed by atoms with Crippen molar-refractivity contribution in [2.75, 3.05) is 26.2 Å². The molecular formula is C33H29BClF4N5O11.